The molecule has 152 valence electrons. The molecule has 2 aromatic rings. The number of aliphatic hydroxyl groups is 1. The van der Waals surface area contributed by atoms with Crippen LogP contribution < -0.4 is 15.8 Å². The maximum absolute atomic E-state index is 10.3. The van der Waals surface area contributed by atoms with Crippen LogP contribution in [0.4, 0.5) is 11.4 Å². The normalized spacial score (nSPS) is 12.0. The molecule has 2 rings (SSSR count). The lowest BCUT2D eigenvalue weighted by molar-refractivity contribution is -0.0270. The third-order valence-corrected chi connectivity index (χ3v) is 5.55. The third kappa shape index (κ3) is 4.97. The molecular weight excluding hydrogens is 374 g/mol. The Morgan fingerprint density at radius 1 is 1.21 bits per heavy atom. The fraction of sp³-hybridized carbons (Fsp3) is 0.409. The van der Waals surface area contributed by atoms with Crippen molar-refractivity contribution in [2.75, 3.05) is 17.6 Å². The Morgan fingerprint density at radius 3 is 2.39 bits per heavy atom. The van der Waals surface area contributed by atoms with E-state index in [9.17, 15) is 5.11 Å². The predicted octanol–water partition coefficient (Wildman–Crippen LogP) is 5.62. The van der Waals surface area contributed by atoms with Crippen molar-refractivity contribution in [3.63, 3.8) is 0 Å². The van der Waals surface area contributed by atoms with E-state index in [0.29, 0.717) is 40.0 Å². The number of benzene rings is 2. The van der Waals surface area contributed by atoms with Crippen molar-refractivity contribution in [1.29, 1.82) is 5.41 Å². The van der Waals surface area contributed by atoms with Crippen molar-refractivity contribution in [3.05, 3.63) is 46.5 Å². The van der Waals surface area contributed by atoms with Crippen LogP contribution in [0.25, 0.3) is 0 Å². The fourth-order valence-electron chi connectivity index (χ4n) is 2.54. The number of rotatable bonds is 7. The van der Waals surface area contributed by atoms with E-state index in [1.165, 1.54) is 0 Å². The molecule has 0 atom stereocenters. The van der Waals surface area contributed by atoms with Crippen LogP contribution in [0.5, 0.6) is 11.5 Å². The number of hydrogen-bond acceptors (Lipinski definition) is 5. The lowest BCUT2D eigenvalue weighted by atomic mass is 9.77. The van der Waals surface area contributed by atoms with Gasteiger partial charge in [-0.1, -0.05) is 25.4 Å². The van der Waals surface area contributed by atoms with Gasteiger partial charge in [0.2, 0.25) is 0 Å². The molecule has 5 nitrogen and oxygen atoms in total. The maximum atomic E-state index is 10.3. The van der Waals surface area contributed by atoms with E-state index in [2.05, 4.69) is 5.32 Å². The minimum Gasteiger partial charge on any atom is -0.456 e. The first-order valence-electron chi connectivity index (χ1n) is 9.21. The van der Waals surface area contributed by atoms with Crippen molar-refractivity contribution < 1.29 is 9.84 Å². The molecule has 0 aliphatic rings. The number of nitrogen functional groups attached to an aromatic ring is 1. The van der Waals surface area contributed by atoms with E-state index in [0.717, 1.165) is 11.3 Å². The number of hydrogen-bond donors (Lipinski definition) is 4. The van der Waals surface area contributed by atoms with Gasteiger partial charge >= 0.3 is 0 Å². The van der Waals surface area contributed by atoms with Crippen molar-refractivity contribution in [3.8, 4) is 11.5 Å². The Hall–Kier alpha value is -2.24. The SMILES string of the molecule is CC(=N)c1cc(Oc2c(C)cc(NCC(C)(C)C(C)(C)O)cc2Cl)ccc1N. The average molecular weight is 404 g/mol. The molecule has 0 aliphatic carbocycles. The van der Waals surface area contributed by atoms with Gasteiger partial charge in [-0.05, 0) is 63.6 Å². The van der Waals surface area contributed by atoms with Crippen LogP contribution in [-0.2, 0) is 0 Å². The molecule has 0 unspecified atom stereocenters. The second-order valence-electron chi connectivity index (χ2n) is 8.38. The van der Waals surface area contributed by atoms with Gasteiger partial charge in [-0.3, -0.25) is 0 Å². The minimum absolute atomic E-state index is 0.326. The van der Waals surface area contributed by atoms with Crippen molar-refractivity contribution >= 4 is 28.7 Å². The van der Waals surface area contributed by atoms with Crippen molar-refractivity contribution in [2.45, 2.75) is 47.1 Å². The van der Waals surface area contributed by atoms with Crippen molar-refractivity contribution in [1.82, 2.24) is 0 Å². The van der Waals surface area contributed by atoms with E-state index >= 15 is 0 Å². The van der Waals surface area contributed by atoms with E-state index in [1.807, 2.05) is 32.9 Å². The highest BCUT2D eigenvalue weighted by molar-refractivity contribution is 6.32. The molecule has 0 fully saturated rings. The number of aryl methyl sites for hydroxylation is 1. The molecule has 0 spiro atoms. The lowest BCUT2D eigenvalue weighted by Gasteiger charge is -2.37. The number of halogens is 1. The Balaban J connectivity index is 2.23. The molecule has 0 radical (unpaired) electrons. The summed E-state index contributed by atoms with van der Waals surface area (Å²) >= 11 is 6.48. The molecule has 0 aromatic heterocycles. The molecule has 0 bridgehead atoms. The number of anilines is 2. The zero-order valence-corrected chi connectivity index (χ0v) is 18.2. The highest BCUT2D eigenvalue weighted by Gasteiger charge is 2.34. The van der Waals surface area contributed by atoms with Crippen LogP contribution >= 0.6 is 11.6 Å². The molecule has 0 amide bonds. The topological polar surface area (TPSA) is 91.4 Å². The van der Waals surface area contributed by atoms with Gasteiger partial charge in [0.05, 0.1) is 10.6 Å². The van der Waals surface area contributed by atoms with Gasteiger partial charge in [0, 0.05) is 34.6 Å². The summed E-state index contributed by atoms with van der Waals surface area (Å²) < 4.78 is 5.99. The Labute approximate surface area is 172 Å². The summed E-state index contributed by atoms with van der Waals surface area (Å²) in [6.45, 7) is 11.8. The second kappa shape index (κ2) is 8.02. The van der Waals surface area contributed by atoms with Gasteiger partial charge in [-0.2, -0.15) is 0 Å². The molecule has 0 aliphatic heterocycles. The van der Waals surface area contributed by atoms with Gasteiger partial charge in [-0.15, -0.1) is 0 Å². The van der Waals surface area contributed by atoms with Gasteiger partial charge in [0.1, 0.15) is 11.5 Å². The zero-order chi connectivity index (χ0) is 21.3. The molecule has 28 heavy (non-hydrogen) atoms. The fourth-order valence-corrected chi connectivity index (χ4v) is 2.85. The van der Waals surface area contributed by atoms with Crippen LogP contribution in [0.3, 0.4) is 0 Å². The summed E-state index contributed by atoms with van der Waals surface area (Å²) in [5.41, 5.74) is 8.06. The molecule has 0 saturated carbocycles. The summed E-state index contributed by atoms with van der Waals surface area (Å²) in [6, 6.07) is 8.99. The second-order valence-corrected chi connectivity index (χ2v) is 8.78. The summed E-state index contributed by atoms with van der Waals surface area (Å²) in [4.78, 5) is 0. The standard InChI is InChI=1S/C22H30ClN3O2/c1-13-9-15(26-12-21(3,4)22(5,6)27)10-18(23)20(13)28-16-7-8-19(25)17(11-16)14(2)24/h7-11,24,26-27H,12,25H2,1-6H3. The smallest absolute Gasteiger partial charge is 0.149 e. The third-order valence-electron chi connectivity index (χ3n) is 5.27. The summed E-state index contributed by atoms with van der Waals surface area (Å²) in [7, 11) is 0. The van der Waals surface area contributed by atoms with Crippen LogP contribution in [0.1, 0.15) is 45.7 Å². The first-order valence-corrected chi connectivity index (χ1v) is 9.59. The number of ether oxygens (including phenoxy) is 1. The molecular formula is C22H30ClN3O2. The minimum atomic E-state index is -0.818. The quantitative estimate of drug-likeness (QED) is 0.356. The number of nitrogens with one attached hydrogen (secondary N) is 2. The molecule has 0 saturated heterocycles. The largest absolute Gasteiger partial charge is 0.456 e. The maximum Gasteiger partial charge on any atom is 0.149 e. The summed E-state index contributed by atoms with van der Waals surface area (Å²) in [5.74, 6) is 1.14. The monoisotopic (exact) mass is 403 g/mol. The van der Waals surface area contributed by atoms with Crippen molar-refractivity contribution in [2.24, 2.45) is 5.41 Å². The van der Waals surface area contributed by atoms with E-state index in [1.54, 1.807) is 39.0 Å². The van der Waals surface area contributed by atoms with E-state index < -0.39 is 5.60 Å². The Kier molecular flexibility index (Phi) is 6.31. The van der Waals surface area contributed by atoms with Crippen LogP contribution in [0, 0.1) is 17.7 Å². The first-order chi connectivity index (χ1) is 12.8. The number of nitrogens with two attached hydrogens (primary N) is 1. The molecule has 0 heterocycles. The molecule has 2 aromatic carbocycles. The van der Waals surface area contributed by atoms with E-state index in [4.69, 9.17) is 27.5 Å². The molecule has 6 heteroatoms. The average Bonchev–Trinajstić information content (AvgIpc) is 2.56. The van der Waals surface area contributed by atoms with Crippen LogP contribution in [-0.4, -0.2) is 23.0 Å². The first kappa shape index (κ1) is 22.1. The molecule has 5 N–H and O–H groups in total. The Morgan fingerprint density at radius 2 is 1.86 bits per heavy atom. The lowest BCUT2D eigenvalue weighted by Crippen LogP contribution is -2.43. The zero-order valence-electron chi connectivity index (χ0n) is 17.4. The van der Waals surface area contributed by atoms with Gasteiger partial charge < -0.3 is 26.3 Å². The van der Waals surface area contributed by atoms with E-state index in [-0.39, 0.29) is 5.41 Å². The predicted molar refractivity (Wildman–Crippen MR) is 118 cm³/mol. The Bertz CT molecular complexity index is 863. The highest BCUT2D eigenvalue weighted by Crippen LogP contribution is 2.37. The highest BCUT2D eigenvalue weighted by atomic mass is 35.5. The summed E-state index contributed by atoms with van der Waals surface area (Å²) in [5, 5.41) is 22.0. The summed E-state index contributed by atoms with van der Waals surface area (Å²) in [6.07, 6.45) is 0. The van der Waals surface area contributed by atoms with Crippen LogP contribution in [0.15, 0.2) is 30.3 Å². The van der Waals surface area contributed by atoms with Gasteiger partial charge in [0.25, 0.3) is 0 Å². The van der Waals surface area contributed by atoms with Gasteiger partial charge in [-0.25, -0.2) is 0 Å². The van der Waals surface area contributed by atoms with Gasteiger partial charge in [0.15, 0.2) is 0 Å². The van der Waals surface area contributed by atoms with Crippen LogP contribution in [0.2, 0.25) is 5.02 Å².